The van der Waals surface area contributed by atoms with Crippen LogP contribution in [0.15, 0.2) is 87.6 Å². The summed E-state index contributed by atoms with van der Waals surface area (Å²) in [6, 6.07) is 20.4. The minimum Gasteiger partial charge on any atom is -0.477 e. The number of hydrogen-bond acceptors (Lipinski definition) is 6. The third kappa shape index (κ3) is 4.38. The van der Waals surface area contributed by atoms with Gasteiger partial charge < -0.3 is 10.4 Å². The monoisotopic (exact) mass is 508 g/mol. The van der Waals surface area contributed by atoms with Gasteiger partial charge in [-0.1, -0.05) is 66.4 Å². The molecule has 172 valence electrons. The molecule has 2 amide bonds. The van der Waals surface area contributed by atoms with E-state index < -0.39 is 17.4 Å². The molecule has 2 N–H and O–H groups in total. The van der Waals surface area contributed by atoms with Crippen LogP contribution in [0.4, 0.5) is 0 Å². The Bertz CT molecular complexity index is 1270. The van der Waals surface area contributed by atoms with Crippen LogP contribution in [0.1, 0.15) is 5.56 Å². The summed E-state index contributed by atoms with van der Waals surface area (Å²) in [5, 5.41) is 14.4. The van der Waals surface area contributed by atoms with Crippen molar-refractivity contribution in [2.75, 3.05) is 5.75 Å². The maximum atomic E-state index is 12.9. The van der Waals surface area contributed by atoms with Crippen molar-refractivity contribution < 1.29 is 19.5 Å². The Morgan fingerprint density at radius 1 is 1.06 bits per heavy atom. The lowest BCUT2D eigenvalue weighted by Crippen LogP contribution is -2.70. The second-order valence-corrected chi connectivity index (χ2v) is 11.0. The van der Waals surface area contributed by atoms with Gasteiger partial charge in [0.15, 0.2) is 0 Å². The molecule has 1 fully saturated rings. The largest absolute Gasteiger partial charge is 0.477 e. The van der Waals surface area contributed by atoms with E-state index in [1.165, 1.54) is 28.4 Å². The zero-order valence-electron chi connectivity index (χ0n) is 17.8. The topological polar surface area (TPSA) is 86.7 Å². The minimum atomic E-state index is -1.14. The highest BCUT2D eigenvalue weighted by atomic mass is 32.2. The summed E-state index contributed by atoms with van der Waals surface area (Å²) in [6.07, 6.45) is 0.171. The van der Waals surface area contributed by atoms with Crippen molar-refractivity contribution >= 4 is 52.6 Å². The zero-order valence-corrected chi connectivity index (χ0v) is 20.3. The van der Waals surface area contributed by atoms with Crippen molar-refractivity contribution in [2.45, 2.75) is 22.7 Å². The molecule has 0 saturated carbocycles. The fraction of sp³-hybridized carbons (Fsp3) is 0.160. The average molecular weight is 509 g/mol. The van der Waals surface area contributed by atoms with E-state index in [9.17, 15) is 19.5 Å². The number of rotatable bonds is 7. The van der Waals surface area contributed by atoms with E-state index in [1.54, 1.807) is 11.3 Å². The molecule has 5 rings (SSSR count). The minimum absolute atomic E-state index is 0.00768. The number of nitrogens with one attached hydrogen (secondary N) is 1. The molecule has 0 unspecified atom stereocenters. The van der Waals surface area contributed by atoms with Gasteiger partial charge in [0.1, 0.15) is 17.1 Å². The van der Waals surface area contributed by atoms with Crippen LogP contribution in [0.3, 0.4) is 0 Å². The third-order valence-electron chi connectivity index (χ3n) is 5.57. The summed E-state index contributed by atoms with van der Waals surface area (Å²) in [5.74, 6) is -1.33. The number of β-lactam (4-membered cyclic amide) rings is 1. The van der Waals surface area contributed by atoms with Gasteiger partial charge in [-0.2, -0.15) is 0 Å². The maximum absolute atomic E-state index is 12.9. The summed E-state index contributed by atoms with van der Waals surface area (Å²) >= 11 is 4.49. The van der Waals surface area contributed by atoms with Crippen molar-refractivity contribution in [1.82, 2.24) is 10.2 Å². The molecular weight excluding hydrogens is 488 g/mol. The Balaban J connectivity index is 1.35. The summed E-state index contributed by atoms with van der Waals surface area (Å²) in [6.45, 7) is 0. The van der Waals surface area contributed by atoms with Crippen LogP contribution in [-0.4, -0.2) is 45.0 Å². The van der Waals surface area contributed by atoms with E-state index in [2.05, 4.69) is 5.32 Å². The normalized spacial score (nSPS) is 19.4. The highest BCUT2D eigenvalue weighted by molar-refractivity contribution is 8.06. The summed E-state index contributed by atoms with van der Waals surface area (Å²) in [7, 11) is 0. The number of nitrogens with zero attached hydrogens (tertiary/aromatic N) is 1. The van der Waals surface area contributed by atoms with E-state index in [0.29, 0.717) is 10.7 Å². The lowest BCUT2D eigenvalue weighted by atomic mass is 10.0. The molecule has 0 bridgehead atoms. The maximum Gasteiger partial charge on any atom is 0.353 e. The number of thiophene rings is 1. The fourth-order valence-electron chi connectivity index (χ4n) is 4.00. The Kier molecular flexibility index (Phi) is 6.49. The number of amides is 2. The van der Waals surface area contributed by atoms with Gasteiger partial charge in [0.25, 0.3) is 5.91 Å². The smallest absolute Gasteiger partial charge is 0.353 e. The molecule has 2 aromatic carbocycles. The van der Waals surface area contributed by atoms with Crippen LogP contribution in [0.2, 0.25) is 0 Å². The van der Waals surface area contributed by atoms with Crippen molar-refractivity contribution in [1.29, 1.82) is 0 Å². The molecule has 34 heavy (non-hydrogen) atoms. The second-order valence-electron chi connectivity index (χ2n) is 7.77. The quantitative estimate of drug-likeness (QED) is 0.459. The van der Waals surface area contributed by atoms with Gasteiger partial charge in [0.05, 0.1) is 6.42 Å². The standard InChI is InChI=1S/C25H20N2O4S3/c28-20(13-15-7-2-1-3-8-15)26-21-23(29)27-22(25(30)31)19(14-33-24(21)27)34-18-10-5-4-9-16(18)17-11-6-12-32-17/h1-12,21,24H,13-14H2,(H,26,28)(H,30,31)/t21-,24-/m1/s1. The molecule has 1 aromatic heterocycles. The zero-order chi connectivity index (χ0) is 23.7. The molecule has 1 saturated heterocycles. The molecule has 3 heterocycles. The lowest BCUT2D eigenvalue weighted by Gasteiger charge is -2.49. The summed E-state index contributed by atoms with van der Waals surface area (Å²) < 4.78 is 0. The van der Waals surface area contributed by atoms with E-state index >= 15 is 0 Å². The Labute approximate surface area is 209 Å². The van der Waals surface area contributed by atoms with Crippen LogP contribution in [0.5, 0.6) is 0 Å². The molecule has 0 radical (unpaired) electrons. The summed E-state index contributed by atoms with van der Waals surface area (Å²) in [5.41, 5.74) is 1.90. The number of carboxylic acid groups (broad SMARTS) is 1. The number of aliphatic carboxylic acids is 1. The molecule has 2 aliphatic heterocycles. The Hall–Kier alpha value is -3.01. The molecule has 3 aromatic rings. The van der Waals surface area contributed by atoms with Gasteiger partial charge >= 0.3 is 5.97 Å². The SMILES string of the molecule is O=C(Cc1ccccc1)N[C@@H]1C(=O)N2C(C(=O)O)=C(Sc3ccccc3-c3cccs3)CS[C@H]12. The van der Waals surface area contributed by atoms with Gasteiger partial charge in [0, 0.05) is 26.0 Å². The van der Waals surface area contributed by atoms with Gasteiger partial charge in [-0.15, -0.1) is 23.1 Å². The van der Waals surface area contributed by atoms with E-state index in [1.807, 2.05) is 72.1 Å². The van der Waals surface area contributed by atoms with Crippen molar-refractivity contribution in [2.24, 2.45) is 0 Å². The first-order valence-electron chi connectivity index (χ1n) is 10.6. The van der Waals surface area contributed by atoms with Gasteiger partial charge in [-0.05, 0) is 23.1 Å². The Morgan fingerprint density at radius 2 is 1.82 bits per heavy atom. The number of carbonyl (C=O) groups excluding carboxylic acids is 2. The lowest BCUT2D eigenvalue weighted by molar-refractivity contribution is -0.150. The van der Waals surface area contributed by atoms with Crippen LogP contribution < -0.4 is 5.32 Å². The van der Waals surface area contributed by atoms with E-state index in [-0.39, 0.29) is 23.9 Å². The predicted octanol–water partition coefficient (Wildman–Crippen LogP) is 4.45. The Morgan fingerprint density at radius 3 is 2.56 bits per heavy atom. The molecule has 6 nitrogen and oxygen atoms in total. The molecule has 0 spiro atoms. The number of carboxylic acids is 1. The number of carbonyl (C=O) groups is 3. The fourth-order valence-corrected chi connectivity index (χ4v) is 7.45. The highest BCUT2D eigenvalue weighted by Gasteiger charge is 2.54. The molecular formula is C25H20N2O4S3. The first kappa shape index (κ1) is 22.8. The van der Waals surface area contributed by atoms with E-state index in [0.717, 1.165) is 20.9 Å². The van der Waals surface area contributed by atoms with Crippen LogP contribution in [-0.2, 0) is 20.8 Å². The number of fused-ring (bicyclic) bond motifs is 1. The van der Waals surface area contributed by atoms with Crippen LogP contribution >= 0.6 is 34.9 Å². The van der Waals surface area contributed by atoms with Gasteiger partial charge in [-0.3, -0.25) is 14.5 Å². The number of benzene rings is 2. The van der Waals surface area contributed by atoms with Crippen molar-refractivity contribution in [3.8, 4) is 10.4 Å². The second kappa shape index (κ2) is 9.69. The highest BCUT2D eigenvalue weighted by Crippen LogP contribution is 2.47. The predicted molar refractivity (Wildman–Crippen MR) is 135 cm³/mol. The number of hydrogen-bond donors (Lipinski definition) is 2. The van der Waals surface area contributed by atoms with Crippen molar-refractivity contribution in [3.63, 3.8) is 0 Å². The van der Waals surface area contributed by atoms with Crippen LogP contribution in [0, 0.1) is 0 Å². The molecule has 2 atom stereocenters. The van der Waals surface area contributed by atoms with Gasteiger partial charge in [-0.25, -0.2) is 4.79 Å². The third-order valence-corrected chi connectivity index (χ3v) is 9.09. The van der Waals surface area contributed by atoms with Crippen LogP contribution in [0.25, 0.3) is 10.4 Å². The number of thioether (sulfide) groups is 2. The first-order chi connectivity index (χ1) is 16.5. The molecule has 2 aliphatic rings. The van der Waals surface area contributed by atoms with Crippen molar-refractivity contribution in [3.05, 3.63) is 88.3 Å². The van der Waals surface area contributed by atoms with E-state index in [4.69, 9.17) is 0 Å². The average Bonchev–Trinajstić information content (AvgIpc) is 3.38. The van der Waals surface area contributed by atoms with Gasteiger partial charge in [0.2, 0.25) is 5.91 Å². The first-order valence-corrected chi connectivity index (χ1v) is 13.3. The molecule has 0 aliphatic carbocycles. The molecule has 9 heteroatoms. The summed E-state index contributed by atoms with van der Waals surface area (Å²) in [4.78, 5) is 41.6.